The van der Waals surface area contributed by atoms with E-state index in [1.165, 1.54) is 12.1 Å². The second-order valence-corrected chi connectivity index (χ2v) is 2.01. The van der Waals surface area contributed by atoms with Gasteiger partial charge in [0.05, 0.1) is 19.2 Å². The minimum Gasteiger partial charge on any atom is -0.250 e. The van der Waals surface area contributed by atoms with E-state index in [-0.39, 0.29) is 16.9 Å². The number of para-hydroxylation sites is 1. The molecule has 0 fully saturated rings. The second-order valence-electron chi connectivity index (χ2n) is 2.01. The topological polar surface area (TPSA) is 32.5 Å². The van der Waals surface area contributed by atoms with Gasteiger partial charge >= 0.3 is 0 Å². The van der Waals surface area contributed by atoms with Gasteiger partial charge in [-0.3, -0.25) is 4.85 Å². The minimum atomic E-state index is 0.148. The summed E-state index contributed by atoms with van der Waals surface area (Å²) in [5.41, 5.74) is 0.651. The van der Waals surface area contributed by atoms with Crippen molar-refractivity contribution in [3.8, 4) is 6.07 Å². The van der Waals surface area contributed by atoms with Crippen molar-refractivity contribution in [1.82, 2.24) is 0 Å². The number of benzene rings is 1. The molecule has 54 valence electrons. The predicted octanol–water partition coefficient (Wildman–Crippen LogP) is 2.66. The number of hydrogen-bond donors (Lipinski definition) is 0. The van der Waals surface area contributed by atoms with Gasteiger partial charge in [0.25, 0.3) is 0 Å². The van der Waals surface area contributed by atoms with Gasteiger partial charge in [0.1, 0.15) is 0 Å². The Balaban J connectivity index is 3.51. The third kappa shape index (κ3) is 1.10. The highest BCUT2D eigenvalue weighted by Gasteiger charge is 2.06. The molecule has 0 saturated heterocycles. The van der Waals surface area contributed by atoms with Gasteiger partial charge in [0.15, 0.2) is 5.69 Å². The van der Waals surface area contributed by atoms with Crippen LogP contribution in [0.15, 0.2) is 18.2 Å². The number of rotatable bonds is 0. The van der Waals surface area contributed by atoms with Crippen LogP contribution in [0, 0.1) is 24.5 Å². The number of nitrogens with zero attached hydrogens (tertiary/aromatic N) is 3. The molecule has 3 nitrogen and oxygen atoms in total. The molecule has 0 heterocycles. The molecule has 0 atom stereocenters. The van der Waals surface area contributed by atoms with Crippen LogP contribution in [-0.4, -0.2) is 0 Å². The van der Waals surface area contributed by atoms with Crippen molar-refractivity contribution >= 4 is 11.4 Å². The van der Waals surface area contributed by atoms with Gasteiger partial charge < -0.3 is 0 Å². The molecule has 0 unspecified atom stereocenters. The van der Waals surface area contributed by atoms with Crippen molar-refractivity contribution in [2.45, 2.75) is 0 Å². The fourth-order valence-corrected chi connectivity index (χ4v) is 0.829. The van der Waals surface area contributed by atoms with Crippen LogP contribution in [0.3, 0.4) is 0 Å². The quantitative estimate of drug-likeness (QED) is 0.527. The predicted molar refractivity (Wildman–Crippen MR) is 43.7 cm³/mol. The Morgan fingerprint density at radius 1 is 1.25 bits per heavy atom. The Bertz CT molecular complexity index is 394. The highest BCUT2D eigenvalue weighted by molar-refractivity contribution is 5.76. The SMILES string of the molecule is [C-]#[N+]c1cccc(C#N)c1[N+]#[C-]. The molecule has 0 saturated carbocycles. The van der Waals surface area contributed by atoms with E-state index in [1.54, 1.807) is 6.07 Å². The molecule has 3 heteroatoms. The van der Waals surface area contributed by atoms with E-state index in [2.05, 4.69) is 9.69 Å². The largest absolute Gasteiger partial charge is 0.250 e. The van der Waals surface area contributed by atoms with Crippen LogP contribution in [-0.2, 0) is 0 Å². The van der Waals surface area contributed by atoms with E-state index in [1.807, 2.05) is 6.07 Å². The Labute approximate surface area is 70.1 Å². The molecular formula is C9H3N3. The van der Waals surface area contributed by atoms with Gasteiger partial charge in [-0.2, -0.15) is 5.26 Å². The first kappa shape index (κ1) is 7.79. The highest BCUT2D eigenvalue weighted by Crippen LogP contribution is 2.30. The van der Waals surface area contributed by atoms with E-state index in [4.69, 9.17) is 18.4 Å². The highest BCUT2D eigenvalue weighted by atomic mass is 14.8. The summed E-state index contributed by atoms with van der Waals surface area (Å²) in [6.45, 7) is 13.5. The third-order valence-corrected chi connectivity index (χ3v) is 1.37. The normalized spacial score (nSPS) is 7.75. The third-order valence-electron chi connectivity index (χ3n) is 1.37. The molecule has 1 aromatic carbocycles. The zero-order valence-electron chi connectivity index (χ0n) is 6.07. The molecule has 0 aromatic heterocycles. The maximum Gasteiger partial charge on any atom is 0.211 e. The summed E-state index contributed by atoms with van der Waals surface area (Å²) in [5, 5.41) is 8.57. The van der Waals surface area contributed by atoms with Crippen molar-refractivity contribution in [3.05, 3.63) is 46.6 Å². The lowest BCUT2D eigenvalue weighted by atomic mass is 10.2. The van der Waals surface area contributed by atoms with Gasteiger partial charge in [-0.25, -0.2) is 4.85 Å². The lowest BCUT2D eigenvalue weighted by Crippen LogP contribution is -1.72. The maximum absolute atomic E-state index is 8.57. The average molecular weight is 153 g/mol. The minimum absolute atomic E-state index is 0.148. The summed E-state index contributed by atoms with van der Waals surface area (Å²) < 4.78 is 0. The van der Waals surface area contributed by atoms with E-state index >= 15 is 0 Å². The first-order chi connectivity index (χ1) is 5.83. The van der Waals surface area contributed by atoms with Gasteiger partial charge in [0, 0.05) is 5.56 Å². The van der Waals surface area contributed by atoms with Crippen LogP contribution < -0.4 is 0 Å². The smallest absolute Gasteiger partial charge is 0.211 e. The van der Waals surface area contributed by atoms with Crippen molar-refractivity contribution < 1.29 is 0 Å². The fraction of sp³-hybridized carbons (Fsp3) is 0. The zero-order chi connectivity index (χ0) is 8.97. The summed E-state index contributed by atoms with van der Waals surface area (Å²) in [6.07, 6.45) is 0. The van der Waals surface area contributed by atoms with Gasteiger partial charge in [-0.1, -0.05) is 18.2 Å². The Hall–Kier alpha value is -2.31. The van der Waals surface area contributed by atoms with Crippen LogP contribution in [0.2, 0.25) is 0 Å². The van der Waals surface area contributed by atoms with Crippen molar-refractivity contribution in [2.24, 2.45) is 0 Å². The van der Waals surface area contributed by atoms with Crippen molar-refractivity contribution in [1.29, 1.82) is 5.26 Å². The van der Waals surface area contributed by atoms with Crippen LogP contribution in [0.1, 0.15) is 5.56 Å². The van der Waals surface area contributed by atoms with Crippen LogP contribution in [0.4, 0.5) is 11.4 Å². The lowest BCUT2D eigenvalue weighted by Gasteiger charge is -1.94. The molecule has 0 N–H and O–H groups in total. The zero-order valence-corrected chi connectivity index (χ0v) is 6.07. The van der Waals surface area contributed by atoms with Crippen LogP contribution >= 0.6 is 0 Å². The summed E-state index contributed by atoms with van der Waals surface area (Å²) in [7, 11) is 0. The molecule has 0 amide bonds. The molecular weight excluding hydrogens is 150 g/mol. The number of hydrogen-bond acceptors (Lipinski definition) is 1. The van der Waals surface area contributed by atoms with Gasteiger partial charge in [0.2, 0.25) is 5.69 Å². The fourth-order valence-electron chi connectivity index (χ4n) is 0.829. The number of nitriles is 1. The Morgan fingerprint density at radius 2 is 2.00 bits per heavy atom. The Kier molecular flexibility index (Phi) is 2.07. The van der Waals surface area contributed by atoms with Gasteiger partial charge in [-0.15, -0.1) is 0 Å². The molecule has 0 bridgehead atoms. The maximum atomic E-state index is 8.57. The average Bonchev–Trinajstić information content (AvgIpc) is 2.16. The monoisotopic (exact) mass is 153 g/mol. The molecule has 1 rings (SSSR count). The van der Waals surface area contributed by atoms with Crippen LogP contribution in [0.5, 0.6) is 0 Å². The lowest BCUT2D eigenvalue weighted by molar-refractivity contribution is 1.49. The summed E-state index contributed by atoms with van der Waals surface area (Å²) >= 11 is 0. The van der Waals surface area contributed by atoms with Crippen LogP contribution in [0.25, 0.3) is 9.69 Å². The first-order valence-corrected chi connectivity index (χ1v) is 3.11. The molecule has 0 spiro atoms. The van der Waals surface area contributed by atoms with E-state index < -0.39 is 0 Å². The molecule has 0 radical (unpaired) electrons. The summed E-state index contributed by atoms with van der Waals surface area (Å²) in [6, 6.07) is 6.52. The Morgan fingerprint density at radius 3 is 2.50 bits per heavy atom. The molecule has 0 aliphatic heterocycles. The molecule has 0 aliphatic carbocycles. The standard InChI is InChI=1S/C9H3N3/c1-11-8-5-3-4-7(6-10)9(8)12-2/h3-5H. The second kappa shape index (κ2) is 3.19. The summed E-state index contributed by atoms with van der Waals surface area (Å²) in [5.74, 6) is 0. The van der Waals surface area contributed by atoms with E-state index in [0.717, 1.165) is 0 Å². The summed E-state index contributed by atoms with van der Waals surface area (Å²) in [4.78, 5) is 6.26. The molecule has 0 aliphatic rings. The van der Waals surface area contributed by atoms with Crippen molar-refractivity contribution in [2.75, 3.05) is 0 Å². The molecule has 12 heavy (non-hydrogen) atoms. The van der Waals surface area contributed by atoms with Gasteiger partial charge in [-0.05, 0) is 0 Å². The first-order valence-electron chi connectivity index (χ1n) is 3.11. The van der Waals surface area contributed by atoms with E-state index in [9.17, 15) is 0 Å². The molecule has 1 aromatic rings. The van der Waals surface area contributed by atoms with Crippen molar-refractivity contribution in [3.63, 3.8) is 0 Å². The van der Waals surface area contributed by atoms with E-state index in [0.29, 0.717) is 0 Å².